The smallest absolute Gasteiger partial charge is 0.212 e. The lowest BCUT2D eigenvalue weighted by Gasteiger charge is -1.96. The summed E-state index contributed by atoms with van der Waals surface area (Å²) in [6.07, 6.45) is 1.92. The molecule has 0 spiro atoms. The summed E-state index contributed by atoms with van der Waals surface area (Å²) in [6, 6.07) is 7.70. The van der Waals surface area contributed by atoms with Crippen LogP contribution in [0.3, 0.4) is 0 Å². The van der Waals surface area contributed by atoms with Crippen molar-refractivity contribution >= 4 is 22.0 Å². The molecule has 3 rings (SSSR count). The Morgan fingerprint density at radius 2 is 2.25 bits per heavy atom. The number of aromatic nitrogens is 3. The number of aryl methyl sites for hydroxylation is 1. The largest absolute Gasteiger partial charge is 0.399 e. The van der Waals surface area contributed by atoms with Gasteiger partial charge in [0.25, 0.3) is 0 Å². The number of fused-ring (bicyclic) bond motifs is 1. The highest BCUT2D eigenvalue weighted by Gasteiger charge is 2.07. The second kappa shape index (κ2) is 3.31. The Morgan fingerprint density at radius 1 is 1.38 bits per heavy atom. The Bertz CT molecular complexity index is 621. The van der Waals surface area contributed by atoms with Gasteiger partial charge in [-0.2, -0.15) is 5.10 Å². The van der Waals surface area contributed by atoms with E-state index in [1.54, 1.807) is 15.9 Å². The topological polar surface area (TPSA) is 56.2 Å². The van der Waals surface area contributed by atoms with E-state index in [1.807, 2.05) is 37.4 Å². The first-order chi connectivity index (χ1) is 7.72. The molecule has 0 aliphatic rings. The molecule has 0 radical (unpaired) electrons. The molecule has 0 amide bonds. The zero-order valence-corrected chi connectivity index (χ0v) is 9.53. The van der Waals surface area contributed by atoms with Crippen LogP contribution in [0, 0.1) is 6.92 Å². The minimum Gasteiger partial charge on any atom is -0.399 e. The molecule has 2 aromatic heterocycles. The van der Waals surface area contributed by atoms with Gasteiger partial charge in [-0.05, 0) is 19.1 Å². The molecule has 0 aliphatic carbocycles. The van der Waals surface area contributed by atoms with Crippen LogP contribution >= 0.6 is 11.3 Å². The van der Waals surface area contributed by atoms with E-state index in [9.17, 15) is 0 Å². The van der Waals surface area contributed by atoms with Crippen LogP contribution in [0.15, 0.2) is 30.5 Å². The fourth-order valence-electron chi connectivity index (χ4n) is 1.64. The quantitative estimate of drug-likeness (QED) is 0.653. The molecule has 0 unspecified atom stereocenters. The standard InChI is InChI=1S/C11H10N4S/c1-7-14-15-6-10(13-11(15)16-7)8-3-2-4-9(12)5-8/h2-6H,12H2,1H3. The molecule has 0 bridgehead atoms. The summed E-state index contributed by atoms with van der Waals surface area (Å²) in [5, 5.41) is 5.34. The number of anilines is 1. The second-order valence-corrected chi connectivity index (χ2v) is 4.76. The van der Waals surface area contributed by atoms with E-state index in [0.717, 1.165) is 26.9 Å². The first-order valence-electron chi connectivity index (χ1n) is 4.91. The van der Waals surface area contributed by atoms with Crippen LogP contribution in [0.1, 0.15) is 5.01 Å². The van der Waals surface area contributed by atoms with Crippen LogP contribution in [-0.2, 0) is 0 Å². The maximum Gasteiger partial charge on any atom is 0.212 e. The number of imidazole rings is 1. The molecule has 4 nitrogen and oxygen atoms in total. The predicted octanol–water partition coefficient (Wildman–Crippen LogP) is 2.35. The first-order valence-corrected chi connectivity index (χ1v) is 5.73. The van der Waals surface area contributed by atoms with Gasteiger partial charge in [-0.1, -0.05) is 23.5 Å². The van der Waals surface area contributed by atoms with Crippen molar-refractivity contribution in [3.8, 4) is 11.3 Å². The molecule has 80 valence electrons. The van der Waals surface area contributed by atoms with E-state index < -0.39 is 0 Å². The van der Waals surface area contributed by atoms with Crippen LogP contribution in [0.4, 0.5) is 5.69 Å². The van der Waals surface area contributed by atoms with Crippen molar-refractivity contribution < 1.29 is 0 Å². The van der Waals surface area contributed by atoms with Gasteiger partial charge in [0.05, 0.1) is 11.9 Å². The van der Waals surface area contributed by atoms with Gasteiger partial charge < -0.3 is 5.73 Å². The summed E-state index contributed by atoms with van der Waals surface area (Å²) in [6.45, 7) is 1.97. The van der Waals surface area contributed by atoms with Crippen molar-refractivity contribution in [3.63, 3.8) is 0 Å². The van der Waals surface area contributed by atoms with Gasteiger partial charge in [-0.15, -0.1) is 0 Å². The monoisotopic (exact) mass is 230 g/mol. The third-order valence-electron chi connectivity index (χ3n) is 2.33. The summed E-state index contributed by atoms with van der Waals surface area (Å²) >= 11 is 1.58. The Balaban J connectivity index is 2.15. The highest BCUT2D eigenvalue weighted by Crippen LogP contribution is 2.23. The molecule has 0 saturated heterocycles. The zero-order chi connectivity index (χ0) is 11.1. The molecular formula is C11H10N4S. The van der Waals surface area contributed by atoms with Gasteiger partial charge in [0.2, 0.25) is 4.96 Å². The van der Waals surface area contributed by atoms with Crippen LogP contribution in [0.25, 0.3) is 16.2 Å². The van der Waals surface area contributed by atoms with E-state index in [4.69, 9.17) is 5.73 Å². The molecule has 16 heavy (non-hydrogen) atoms. The lowest BCUT2D eigenvalue weighted by Crippen LogP contribution is -1.85. The van der Waals surface area contributed by atoms with E-state index in [1.165, 1.54) is 0 Å². The molecule has 0 atom stereocenters. The fourth-order valence-corrected chi connectivity index (χ4v) is 2.36. The van der Waals surface area contributed by atoms with Crippen LogP contribution in [0.5, 0.6) is 0 Å². The molecule has 0 fully saturated rings. The van der Waals surface area contributed by atoms with Crippen molar-refractivity contribution in [1.82, 2.24) is 14.6 Å². The van der Waals surface area contributed by atoms with Crippen molar-refractivity contribution in [2.24, 2.45) is 0 Å². The second-order valence-electron chi connectivity index (χ2n) is 3.60. The Kier molecular flexibility index (Phi) is 1.94. The normalized spacial score (nSPS) is 11.1. The van der Waals surface area contributed by atoms with Crippen molar-refractivity contribution in [2.45, 2.75) is 6.92 Å². The molecular weight excluding hydrogens is 220 g/mol. The Morgan fingerprint density at radius 3 is 3.00 bits per heavy atom. The van der Waals surface area contributed by atoms with E-state index >= 15 is 0 Å². The van der Waals surface area contributed by atoms with Gasteiger partial charge >= 0.3 is 0 Å². The summed E-state index contributed by atoms with van der Waals surface area (Å²) in [4.78, 5) is 5.42. The number of hydrogen-bond donors (Lipinski definition) is 1. The van der Waals surface area contributed by atoms with E-state index in [-0.39, 0.29) is 0 Å². The third-order valence-corrected chi connectivity index (χ3v) is 3.16. The minimum absolute atomic E-state index is 0.748. The summed E-state index contributed by atoms with van der Waals surface area (Å²) in [5.41, 5.74) is 8.42. The first kappa shape index (κ1) is 9.35. The van der Waals surface area contributed by atoms with Crippen molar-refractivity contribution in [3.05, 3.63) is 35.5 Å². The van der Waals surface area contributed by atoms with Crippen molar-refractivity contribution in [1.29, 1.82) is 0 Å². The third kappa shape index (κ3) is 1.45. The van der Waals surface area contributed by atoms with Crippen LogP contribution < -0.4 is 5.73 Å². The average molecular weight is 230 g/mol. The molecule has 2 N–H and O–H groups in total. The Hall–Kier alpha value is -1.88. The number of rotatable bonds is 1. The lowest BCUT2D eigenvalue weighted by atomic mass is 10.1. The molecule has 2 heterocycles. The summed E-state index contributed by atoms with van der Waals surface area (Å²) in [5.74, 6) is 0. The number of hydrogen-bond acceptors (Lipinski definition) is 4. The van der Waals surface area contributed by atoms with Gasteiger partial charge in [-0.3, -0.25) is 0 Å². The molecule has 1 aromatic carbocycles. The van der Waals surface area contributed by atoms with E-state index in [2.05, 4.69) is 10.1 Å². The fraction of sp³-hybridized carbons (Fsp3) is 0.0909. The molecule has 5 heteroatoms. The highest BCUT2D eigenvalue weighted by molar-refractivity contribution is 7.16. The summed E-state index contributed by atoms with van der Waals surface area (Å²) in [7, 11) is 0. The predicted molar refractivity (Wildman–Crippen MR) is 65.4 cm³/mol. The zero-order valence-electron chi connectivity index (χ0n) is 8.71. The number of nitrogen functional groups attached to an aromatic ring is 1. The van der Waals surface area contributed by atoms with Gasteiger partial charge in [0.1, 0.15) is 5.01 Å². The average Bonchev–Trinajstić information content (AvgIpc) is 2.74. The number of benzene rings is 1. The summed E-state index contributed by atoms with van der Waals surface area (Å²) < 4.78 is 1.80. The highest BCUT2D eigenvalue weighted by atomic mass is 32.1. The lowest BCUT2D eigenvalue weighted by molar-refractivity contribution is 0.946. The van der Waals surface area contributed by atoms with Crippen molar-refractivity contribution in [2.75, 3.05) is 5.73 Å². The minimum atomic E-state index is 0.748. The molecule has 3 aromatic rings. The van der Waals surface area contributed by atoms with Gasteiger partial charge in [-0.25, -0.2) is 9.50 Å². The maximum atomic E-state index is 5.74. The van der Waals surface area contributed by atoms with Gasteiger partial charge in [0.15, 0.2) is 0 Å². The molecule has 0 saturated carbocycles. The Labute approximate surface area is 96.4 Å². The number of nitrogens with zero attached hydrogens (tertiary/aromatic N) is 3. The van der Waals surface area contributed by atoms with Gasteiger partial charge in [0, 0.05) is 11.3 Å². The van der Waals surface area contributed by atoms with E-state index in [0.29, 0.717) is 0 Å². The number of nitrogens with two attached hydrogens (primary N) is 1. The van der Waals surface area contributed by atoms with Crippen LogP contribution in [0.2, 0.25) is 0 Å². The van der Waals surface area contributed by atoms with Crippen LogP contribution in [-0.4, -0.2) is 14.6 Å². The SMILES string of the molecule is Cc1nn2cc(-c3cccc(N)c3)nc2s1. The molecule has 0 aliphatic heterocycles. The maximum absolute atomic E-state index is 5.74.